The Morgan fingerprint density at radius 2 is 1.33 bits per heavy atom. The molecule has 2 unspecified atom stereocenters. The van der Waals surface area contributed by atoms with Gasteiger partial charge in [0, 0.05) is 30.6 Å². The van der Waals surface area contributed by atoms with Gasteiger partial charge in [-0.2, -0.15) is 0 Å². The first-order valence-corrected chi connectivity index (χ1v) is 21.5. The van der Waals surface area contributed by atoms with Gasteiger partial charge in [-0.25, -0.2) is 0 Å². The molecule has 9 N–H and O–H groups in total. The van der Waals surface area contributed by atoms with Gasteiger partial charge in [-0.3, -0.25) is 34.2 Å². The molecule has 0 radical (unpaired) electrons. The molecule has 0 aromatic heterocycles. The predicted octanol–water partition coefficient (Wildman–Crippen LogP) is 3.45. The summed E-state index contributed by atoms with van der Waals surface area (Å²) in [5.74, 6) is -4.62. The molecule has 0 saturated carbocycles. The molecule has 15 nitrogen and oxygen atoms in total. The van der Waals surface area contributed by atoms with E-state index >= 15 is 0 Å². The van der Waals surface area contributed by atoms with E-state index in [4.69, 9.17) is 11.1 Å². The van der Waals surface area contributed by atoms with Crippen LogP contribution in [0.25, 0.3) is 0 Å². The number of nitrogens with two attached hydrogens (primary N) is 1. The lowest BCUT2D eigenvalue weighted by Crippen LogP contribution is -2.61. The van der Waals surface area contributed by atoms with E-state index in [0.717, 1.165) is 16.7 Å². The van der Waals surface area contributed by atoms with Crippen molar-refractivity contribution in [2.75, 3.05) is 13.1 Å². The first-order valence-electron chi connectivity index (χ1n) is 21.5. The van der Waals surface area contributed by atoms with Crippen LogP contribution in [0.15, 0.2) is 121 Å². The molecule has 2 fully saturated rings. The fourth-order valence-electron chi connectivity index (χ4n) is 8.76. The lowest BCUT2D eigenvalue weighted by Gasteiger charge is -2.39. The van der Waals surface area contributed by atoms with E-state index in [1.54, 1.807) is 35.2 Å². The number of carbonyl (C=O) groups is 6. The van der Waals surface area contributed by atoms with Crippen LogP contribution in [-0.2, 0) is 30.4 Å². The second-order valence-corrected chi connectivity index (χ2v) is 16.1. The second-order valence-electron chi connectivity index (χ2n) is 16.1. The zero-order valence-electron chi connectivity index (χ0n) is 35.1. The first kappa shape index (κ1) is 45.5. The summed E-state index contributed by atoms with van der Waals surface area (Å²) < 4.78 is 0. The number of nitrogens with zero attached hydrogens (tertiary/aromatic N) is 1. The smallest absolute Gasteiger partial charge is 0.305 e. The Bertz CT molecular complexity index is 2160. The number of benzene rings is 4. The van der Waals surface area contributed by atoms with Gasteiger partial charge in [0.1, 0.15) is 24.2 Å². The van der Waals surface area contributed by atoms with Gasteiger partial charge in [-0.1, -0.05) is 109 Å². The van der Waals surface area contributed by atoms with Crippen LogP contribution in [0.1, 0.15) is 77.9 Å². The number of guanidine groups is 1. The number of rotatable bonds is 20. The van der Waals surface area contributed by atoms with Crippen molar-refractivity contribution in [3.05, 3.63) is 144 Å². The lowest BCUT2D eigenvalue weighted by atomic mass is 9.86. The third-order valence-electron chi connectivity index (χ3n) is 11.8. The minimum absolute atomic E-state index is 0.0302. The van der Waals surface area contributed by atoms with Crippen molar-refractivity contribution in [2.24, 2.45) is 11.7 Å². The summed E-state index contributed by atoms with van der Waals surface area (Å²) in [6, 6.07) is 33.1. The van der Waals surface area contributed by atoms with Crippen LogP contribution in [0.4, 0.5) is 0 Å². The second kappa shape index (κ2) is 22.2. The molecule has 4 aromatic rings. The van der Waals surface area contributed by atoms with Crippen molar-refractivity contribution in [3.8, 4) is 0 Å². The highest BCUT2D eigenvalue weighted by molar-refractivity contribution is 5.99. The molecule has 6 rings (SSSR count). The molecule has 6 atom stereocenters. The fraction of sp³-hybridized carbons (Fsp3) is 0.354. The third-order valence-corrected chi connectivity index (χ3v) is 11.8. The molecule has 0 spiro atoms. The SMILES string of the molecule is N=C(N)NCCC[C@H](NC(=O)[C@@H]1CC(Cc2ccccc2)[C@@H]2CCC(NC(=O)c3ccccc3)C(=O)N12)C(=O)N[C@@H](CC(=O)O)C(=O)NCCC(c1ccccc1)c1ccccc1. The standard InChI is InChI=1S/C48H56N8O7/c49-48(50)52-26-13-22-37(45(61)55-39(30-42(57)58)44(60)51-27-25-36(32-16-7-2-8-17-32)33-18-9-3-10-19-33)53-46(62)41-29-35(28-31-14-5-1-6-15-31)40-24-23-38(47(63)56(40)41)54-43(59)34-20-11-4-12-21-34/h1-12,14-21,35-41H,13,22-30H2,(H,51,60)(H,53,62)(H,54,59)(H,55,61)(H,57,58)(H4,49,50,52)/t35?,37-,38?,39-,40-,41-/m0/s1. The maximum absolute atomic E-state index is 14.5. The van der Waals surface area contributed by atoms with Gasteiger partial charge in [-0.05, 0) is 79.7 Å². The zero-order chi connectivity index (χ0) is 44.7. The number of nitrogens with one attached hydrogen (secondary N) is 6. The Hall–Kier alpha value is -7.03. The van der Waals surface area contributed by atoms with E-state index < -0.39 is 66.1 Å². The van der Waals surface area contributed by atoms with Gasteiger partial charge in [0.2, 0.25) is 23.6 Å². The summed E-state index contributed by atoms with van der Waals surface area (Å²) in [7, 11) is 0. The number of amides is 5. The Morgan fingerprint density at radius 1 is 0.730 bits per heavy atom. The molecule has 330 valence electrons. The quantitative estimate of drug-likeness (QED) is 0.0369. The van der Waals surface area contributed by atoms with Crippen molar-refractivity contribution in [2.45, 2.75) is 87.5 Å². The number of fused-ring (bicyclic) bond motifs is 1. The van der Waals surface area contributed by atoms with Crippen LogP contribution in [0.5, 0.6) is 0 Å². The minimum Gasteiger partial charge on any atom is -0.481 e. The summed E-state index contributed by atoms with van der Waals surface area (Å²) in [4.78, 5) is 83.3. The Balaban J connectivity index is 1.18. The molecule has 15 heteroatoms. The fourth-order valence-corrected chi connectivity index (χ4v) is 8.76. The number of carbonyl (C=O) groups excluding carboxylic acids is 5. The first-order chi connectivity index (χ1) is 30.5. The molecule has 0 aliphatic carbocycles. The van der Waals surface area contributed by atoms with Crippen molar-refractivity contribution < 1.29 is 33.9 Å². The highest BCUT2D eigenvalue weighted by Gasteiger charge is 2.51. The molecule has 4 aromatic carbocycles. The number of carboxylic acids is 1. The largest absolute Gasteiger partial charge is 0.481 e. The van der Waals surface area contributed by atoms with E-state index in [1.807, 2.05) is 91.0 Å². The highest BCUT2D eigenvalue weighted by atomic mass is 16.4. The van der Waals surface area contributed by atoms with Gasteiger partial charge in [-0.15, -0.1) is 0 Å². The van der Waals surface area contributed by atoms with Gasteiger partial charge in [0.15, 0.2) is 5.96 Å². The number of hydrogen-bond acceptors (Lipinski definition) is 7. The van der Waals surface area contributed by atoms with E-state index in [9.17, 15) is 33.9 Å². The third kappa shape index (κ3) is 12.5. The molecule has 2 heterocycles. The van der Waals surface area contributed by atoms with Crippen LogP contribution < -0.4 is 32.3 Å². The molecule has 5 amide bonds. The molecule has 0 bridgehead atoms. The maximum Gasteiger partial charge on any atom is 0.305 e. The van der Waals surface area contributed by atoms with E-state index in [0.29, 0.717) is 37.7 Å². The average molecular weight is 857 g/mol. The summed E-state index contributed by atoms with van der Waals surface area (Å²) in [6.45, 7) is 0.371. The zero-order valence-corrected chi connectivity index (χ0v) is 35.1. The van der Waals surface area contributed by atoms with E-state index in [-0.39, 0.29) is 49.8 Å². The molecule has 2 aliphatic heterocycles. The molecular weight excluding hydrogens is 801 g/mol. The average Bonchev–Trinajstić information content (AvgIpc) is 3.66. The van der Waals surface area contributed by atoms with Crippen LogP contribution in [0.3, 0.4) is 0 Å². The number of carboxylic acid groups (broad SMARTS) is 1. The van der Waals surface area contributed by atoms with Crippen LogP contribution in [0.2, 0.25) is 0 Å². The summed E-state index contributed by atoms with van der Waals surface area (Å²) in [5.41, 5.74) is 9.02. The van der Waals surface area contributed by atoms with E-state index in [1.165, 1.54) is 0 Å². The molecule has 63 heavy (non-hydrogen) atoms. The van der Waals surface area contributed by atoms with Gasteiger partial charge in [0.05, 0.1) is 6.42 Å². The van der Waals surface area contributed by atoms with Gasteiger partial charge in [0.25, 0.3) is 5.91 Å². The van der Waals surface area contributed by atoms with Crippen LogP contribution in [-0.4, -0.2) is 94.8 Å². The number of aliphatic carboxylic acids is 1. The van der Waals surface area contributed by atoms with E-state index in [2.05, 4.69) is 26.6 Å². The topological polar surface area (TPSA) is 236 Å². The summed E-state index contributed by atoms with van der Waals surface area (Å²) in [6.07, 6.45) is 1.90. The predicted molar refractivity (Wildman–Crippen MR) is 237 cm³/mol. The Labute approximate surface area is 367 Å². The minimum atomic E-state index is -1.47. The monoisotopic (exact) mass is 856 g/mol. The summed E-state index contributed by atoms with van der Waals surface area (Å²) in [5, 5.41) is 31.1. The number of hydrogen-bond donors (Lipinski definition) is 8. The lowest BCUT2D eigenvalue weighted by molar-refractivity contribution is -0.145. The van der Waals surface area contributed by atoms with Crippen LogP contribution >= 0.6 is 0 Å². The maximum atomic E-state index is 14.5. The van der Waals surface area contributed by atoms with Crippen molar-refractivity contribution >= 4 is 41.5 Å². The Morgan fingerprint density at radius 3 is 1.94 bits per heavy atom. The number of piperidine rings is 1. The Kier molecular flexibility index (Phi) is 16.0. The highest BCUT2D eigenvalue weighted by Crippen LogP contribution is 2.39. The molecular formula is C48H56N8O7. The molecule has 2 saturated heterocycles. The van der Waals surface area contributed by atoms with Gasteiger partial charge < -0.3 is 42.3 Å². The van der Waals surface area contributed by atoms with Crippen molar-refractivity contribution in [3.63, 3.8) is 0 Å². The van der Waals surface area contributed by atoms with Crippen molar-refractivity contribution in [1.29, 1.82) is 5.41 Å². The van der Waals surface area contributed by atoms with Crippen molar-refractivity contribution in [1.82, 2.24) is 31.5 Å². The molecule has 2 aliphatic rings. The normalized spacial score (nSPS) is 18.9. The van der Waals surface area contributed by atoms with Gasteiger partial charge >= 0.3 is 5.97 Å². The van der Waals surface area contributed by atoms with Crippen LogP contribution in [0, 0.1) is 11.3 Å². The summed E-state index contributed by atoms with van der Waals surface area (Å²) >= 11 is 0.